The summed E-state index contributed by atoms with van der Waals surface area (Å²) in [5, 5.41) is 10.2. The third-order valence-electron chi connectivity index (χ3n) is 2.28. The van der Waals surface area contributed by atoms with E-state index in [1.165, 1.54) is 0 Å². The molecule has 0 unspecified atom stereocenters. The van der Waals surface area contributed by atoms with E-state index >= 15 is 0 Å². The molecule has 0 spiro atoms. The van der Waals surface area contributed by atoms with Crippen LogP contribution in [-0.2, 0) is 4.79 Å². The molecule has 1 saturated carbocycles. The molecular formula is C8H11O2-. The molecule has 1 rings (SSSR count). The van der Waals surface area contributed by atoms with Crippen LogP contribution < -0.4 is 5.11 Å². The predicted octanol–water partition coefficient (Wildman–Crippen LogP) is 0.483. The topological polar surface area (TPSA) is 40.1 Å². The van der Waals surface area contributed by atoms with Gasteiger partial charge in [-0.25, -0.2) is 0 Å². The summed E-state index contributed by atoms with van der Waals surface area (Å²) in [4.78, 5) is 10.2. The lowest BCUT2D eigenvalue weighted by atomic mass is 9.67. The number of carboxylic acids is 1. The number of carbonyl (C=O) groups excluding carboxylic acids is 1. The molecule has 2 heteroatoms. The first-order valence-corrected chi connectivity index (χ1v) is 3.52. The minimum atomic E-state index is -0.959. The first kappa shape index (κ1) is 7.32. The molecule has 0 N–H and O–H groups in total. The van der Waals surface area contributed by atoms with Gasteiger partial charge in [-0.15, -0.1) is 6.58 Å². The minimum Gasteiger partial charge on any atom is -0.550 e. The largest absolute Gasteiger partial charge is 0.550 e. The molecular weight excluding hydrogens is 128 g/mol. The second-order valence-corrected chi connectivity index (χ2v) is 2.97. The van der Waals surface area contributed by atoms with E-state index in [1.54, 1.807) is 6.08 Å². The Morgan fingerprint density at radius 3 is 2.40 bits per heavy atom. The van der Waals surface area contributed by atoms with Crippen molar-refractivity contribution in [1.29, 1.82) is 0 Å². The maximum absolute atomic E-state index is 10.2. The molecule has 0 bridgehead atoms. The SMILES string of the molecule is C=CC1(CC(=O)[O-])CCC1. The van der Waals surface area contributed by atoms with Crippen molar-refractivity contribution in [3.05, 3.63) is 12.7 Å². The predicted molar refractivity (Wildman–Crippen MR) is 36.1 cm³/mol. The second kappa shape index (κ2) is 2.45. The molecule has 56 valence electrons. The Morgan fingerprint density at radius 2 is 2.30 bits per heavy atom. The van der Waals surface area contributed by atoms with Crippen molar-refractivity contribution >= 4 is 5.97 Å². The zero-order valence-electron chi connectivity index (χ0n) is 5.93. The van der Waals surface area contributed by atoms with Crippen molar-refractivity contribution in [3.63, 3.8) is 0 Å². The average molecular weight is 139 g/mol. The Bertz CT molecular complexity index is 157. The van der Waals surface area contributed by atoms with Crippen LogP contribution in [0.15, 0.2) is 12.7 Å². The summed E-state index contributed by atoms with van der Waals surface area (Å²) < 4.78 is 0. The van der Waals surface area contributed by atoms with Crippen molar-refractivity contribution in [2.24, 2.45) is 5.41 Å². The van der Waals surface area contributed by atoms with Crippen LogP contribution in [0, 0.1) is 5.41 Å². The summed E-state index contributed by atoms with van der Waals surface area (Å²) in [6.45, 7) is 3.62. The monoisotopic (exact) mass is 139 g/mol. The van der Waals surface area contributed by atoms with E-state index in [0.29, 0.717) is 0 Å². The van der Waals surface area contributed by atoms with E-state index in [-0.39, 0.29) is 11.8 Å². The van der Waals surface area contributed by atoms with Gasteiger partial charge in [0.15, 0.2) is 0 Å². The van der Waals surface area contributed by atoms with E-state index in [4.69, 9.17) is 0 Å². The van der Waals surface area contributed by atoms with Crippen LogP contribution in [0.2, 0.25) is 0 Å². The number of carboxylic acid groups (broad SMARTS) is 1. The molecule has 0 saturated heterocycles. The lowest BCUT2D eigenvalue weighted by Crippen LogP contribution is -2.35. The Labute approximate surface area is 60.6 Å². The minimum absolute atomic E-state index is 0.112. The van der Waals surface area contributed by atoms with Gasteiger partial charge in [0, 0.05) is 5.97 Å². The van der Waals surface area contributed by atoms with Crippen molar-refractivity contribution in [3.8, 4) is 0 Å². The zero-order chi connectivity index (χ0) is 7.61. The van der Waals surface area contributed by atoms with Crippen molar-refractivity contribution in [2.45, 2.75) is 25.7 Å². The fourth-order valence-corrected chi connectivity index (χ4v) is 1.37. The van der Waals surface area contributed by atoms with Crippen molar-refractivity contribution < 1.29 is 9.90 Å². The zero-order valence-corrected chi connectivity index (χ0v) is 5.93. The Kier molecular flexibility index (Phi) is 1.79. The lowest BCUT2D eigenvalue weighted by molar-refractivity contribution is -0.308. The molecule has 0 aromatic rings. The number of hydrogen-bond acceptors (Lipinski definition) is 2. The summed E-state index contributed by atoms with van der Waals surface area (Å²) >= 11 is 0. The molecule has 0 radical (unpaired) electrons. The highest BCUT2D eigenvalue weighted by atomic mass is 16.4. The van der Waals surface area contributed by atoms with Gasteiger partial charge in [0.05, 0.1) is 0 Å². The van der Waals surface area contributed by atoms with Crippen LogP contribution in [0.1, 0.15) is 25.7 Å². The van der Waals surface area contributed by atoms with Crippen LogP contribution >= 0.6 is 0 Å². The number of aliphatic carboxylic acids is 1. The Hall–Kier alpha value is -0.790. The lowest BCUT2D eigenvalue weighted by Gasteiger charge is -2.39. The van der Waals surface area contributed by atoms with Crippen LogP contribution in [0.4, 0.5) is 0 Å². The highest BCUT2D eigenvalue weighted by Gasteiger charge is 2.33. The maximum atomic E-state index is 10.2. The highest BCUT2D eigenvalue weighted by Crippen LogP contribution is 2.44. The number of hydrogen-bond donors (Lipinski definition) is 0. The standard InChI is InChI=1S/C8H12O2/c1-2-8(4-3-5-8)6-7(9)10/h2H,1,3-6H2,(H,9,10)/p-1. The van der Waals surface area contributed by atoms with Gasteiger partial charge >= 0.3 is 0 Å². The molecule has 2 nitrogen and oxygen atoms in total. The molecule has 0 aromatic heterocycles. The Morgan fingerprint density at radius 1 is 1.70 bits per heavy atom. The van der Waals surface area contributed by atoms with Gasteiger partial charge in [-0.05, 0) is 24.7 Å². The van der Waals surface area contributed by atoms with Gasteiger partial charge in [0.1, 0.15) is 0 Å². The normalized spacial score (nSPS) is 21.2. The smallest absolute Gasteiger partial charge is 0.0422 e. The molecule has 1 aliphatic carbocycles. The highest BCUT2D eigenvalue weighted by molar-refractivity contribution is 5.66. The maximum Gasteiger partial charge on any atom is 0.0422 e. The van der Waals surface area contributed by atoms with Crippen molar-refractivity contribution in [2.75, 3.05) is 0 Å². The van der Waals surface area contributed by atoms with Gasteiger partial charge in [-0.1, -0.05) is 12.5 Å². The molecule has 0 aliphatic heterocycles. The van der Waals surface area contributed by atoms with Crippen LogP contribution in [0.25, 0.3) is 0 Å². The molecule has 0 heterocycles. The van der Waals surface area contributed by atoms with Gasteiger partial charge in [0.2, 0.25) is 0 Å². The van der Waals surface area contributed by atoms with Gasteiger partial charge in [0.25, 0.3) is 0 Å². The van der Waals surface area contributed by atoms with Gasteiger partial charge in [-0.3, -0.25) is 0 Å². The summed E-state index contributed by atoms with van der Waals surface area (Å²) in [7, 11) is 0. The molecule has 1 fully saturated rings. The van der Waals surface area contributed by atoms with E-state index in [0.717, 1.165) is 19.3 Å². The Balaban J connectivity index is 2.48. The summed E-state index contributed by atoms with van der Waals surface area (Å²) in [6, 6.07) is 0. The van der Waals surface area contributed by atoms with Crippen LogP contribution in [0.5, 0.6) is 0 Å². The number of allylic oxidation sites excluding steroid dienone is 1. The average Bonchev–Trinajstić information content (AvgIpc) is 1.78. The third kappa shape index (κ3) is 1.20. The quantitative estimate of drug-likeness (QED) is 0.533. The van der Waals surface area contributed by atoms with Crippen LogP contribution in [-0.4, -0.2) is 5.97 Å². The van der Waals surface area contributed by atoms with Crippen LogP contribution in [0.3, 0.4) is 0 Å². The number of carbonyl (C=O) groups is 1. The van der Waals surface area contributed by atoms with Gasteiger partial charge < -0.3 is 9.90 Å². The molecule has 0 amide bonds. The van der Waals surface area contributed by atoms with Crippen molar-refractivity contribution in [1.82, 2.24) is 0 Å². The molecule has 0 aromatic carbocycles. The first-order chi connectivity index (χ1) is 4.68. The summed E-state index contributed by atoms with van der Waals surface area (Å²) in [5.74, 6) is -0.959. The first-order valence-electron chi connectivity index (χ1n) is 3.52. The molecule has 0 atom stereocenters. The van der Waals surface area contributed by atoms with E-state index in [1.807, 2.05) is 0 Å². The van der Waals surface area contributed by atoms with E-state index in [9.17, 15) is 9.90 Å². The second-order valence-electron chi connectivity index (χ2n) is 2.97. The molecule has 1 aliphatic rings. The third-order valence-corrected chi connectivity index (χ3v) is 2.28. The fraction of sp³-hybridized carbons (Fsp3) is 0.625. The summed E-state index contributed by atoms with van der Waals surface area (Å²) in [5.41, 5.74) is -0.112. The van der Waals surface area contributed by atoms with E-state index in [2.05, 4.69) is 6.58 Å². The van der Waals surface area contributed by atoms with E-state index < -0.39 is 5.97 Å². The van der Waals surface area contributed by atoms with Gasteiger partial charge in [-0.2, -0.15) is 0 Å². The fourth-order valence-electron chi connectivity index (χ4n) is 1.37. The summed E-state index contributed by atoms with van der Waals surface area (Å²) in [6.07, 6.45) is 4.96. The number of rotatable bonds is 3. The molecule has 10 heavy (non-hydrogen) atoms.